The molecule has 0 spiro atoms. The molecular weight excluding hydrogens is 202 g/mol. The smallest absolute Gasteiger partial charge is 0.325 e. The molecule has 0 saturated carbocycles. The molecule has 0 aromatic rings. The molecule has 0 bridgehead atoms. The van der Waals surface area contributed by atoms with Gasteiger partial charge in [0.2, 0.25) is 0 Å². The second-order valence-corrected chi connectivity index (χ2v) is 4.80. The number of hydrogen-bond acceptors (Lipinski definition) is 3. The van der Waals surface area contributed by atoms with Crippen LogP contribution < -0.4 is 5.32 Å². The van der Waals surface area contributed by atoms with Crippen molar-refractivity contribution in [2.45, 2.75) is 71.9 Å². The van der Waals surface area contributed by atoms with Crippen LogP contribution >= 0.6 is 0 Å². The van der Waals surface area contributed by atoms with Gasteiger partial charge in [0.25, 0.3) is 0 Å². The molecule has 1 unspecified atom stereocenters. The highest BCUT2D eigenvalue weighted by molar-refractivity contribution is 5.79. The van der Waals surface area contributed by atoms with E-state index in [1.165, 1.54) is 0 Å². The quantitative estimate of drug-likeness (QED) is 0.650. The minimum absolute atomic E-state index is 0.149. The zero-order valence-corrected chi connectivity index (χ0v) is 11.4. The first kappa shape index (κ1) is 15.4. The Labute approximate surface area is 99.9 Å². The second-order valence-electron chi connectivity index (χ2n) is 4.80. The lowest BCUT2D eigenvalue weighted by Crippen LogP contribution is -2.52. The lowest BCUT2D eigenvalue weighted by Gasteiger charge is -2.29. The third-order valence-corrected chi connectivity index (χ3v) is 2.64. The predicted molar refractivity (Wildman–Crippen MR) is 67.5 cm³/mol. The average molecular weight is 229 g/mol. The fraction of sp³-hybridized carbons (Fsp3) is 0.923. The maximum Gasteiger partial charge on any atom is 0.325 e. The first-order valence-electron chi connectivity index (χ1n) is 6.42. The van der Waals surface area contributed by atoms with E-state index in [0.29, 0.717) is 12.6 Å². The van der Waals surface area contributed by atoms with E-state index in [4.69, 9.17) is 4.74 Å². The predicted octanol–water partition coefficient (Wildman–Crippen LogP) is 2.89. The van der Waals surface area contributed by atoms with Crippen LogP contribution in [0.15, 0.2) is 0 Å². The highest BCUT2D eigenvalue weighted by Gasteiger charge is 2.30. The summed E-state index contributed by atoms with van der Waals surface area (Å²) in [5, 5.41) is 3.38. The molecule has 1 atom stereocenters. The van der Waals surface area contributed by atoms with Crippen molar-refractivity contribution in [2.24, 2.45) is 0 Å². The molecule has 0 aliphatic carbocycles. The highest BCUT2D eigenvalue weighted by atomic mass is 16.5. The van der Waals surface area contributed by atoms with Gasteiger partial charge in [0.1, 0.15) is 5.54 Å². The molecular formula is C13H27NO2. The lowest BCUT2D eigenvalue weighted by atomic mass is 10.0. The summed E-state index contributed by atoms with van der Waals surface area (Å²) in [4.78, 5) is 11.8. The second kappa shape index (κ2) is 7.66. The normalized spacial score (nSPS) is 13.6. The van der Waals surface area contributed by atoms with Crippen molar-refractivity contribution < 1.29 is 9.53 Å². The number of nitrogens with one attached hydrogen (secondary N) is 1. The molecule has 0 amide bonds. The minimum atomic E-state index is -0.578. The fourth-order valence-electron chi connectivity index (χ4n) is 1.67. The molecule has 3 heteroatoms. The van der Waals surface area contributed by atoms with Gasteiger partial charge in [-0.2, -0.15) is 0 Å². The van der Waals surface area contributed by atoms with Crippen molar-refractivity contribution in [2.75, 3.05) is 6.61 Å². The standard InChI is InChI=1S/C13H27NO2/c1-6-9-11(8-3)14-13(4,5)12(15)16-10-7-2/h11,14H,6-10H2,1-5H3. The Hall–Kier alpha value is -0.570. The van der Waals surface area contributed by atoms with Crippen LogP contribution in [0.4, 0.5) is 0 Å². The Morgan fingerprint density at radius 2 is 1.88 bits per heavy atom. The van der Waals surface area contributed by atoms with E-state index in [9.17, 15) is 4.79 Å². The molecule has 0 saturated heterocycles. The Balaban J connectivity index is 4.23. The fourth-order valence-corrected chi connectivity index (χ4v) is 1.67. The lowest BCUT2D eigenvalue weighted by molar-refractivity contribution is -0.150. The number of ether oxygens (including phenoxy) is 1. The van der Waals surface area contributed by atoms with Crippen molar-refractivity contribution in [1.82, 2.24) is 5.32 Å². The van der Waals surface area contributed by atoms with Gasteiger partial charge in [0.15, 0.2) is 0 Å². The van der Waals surface area contributed by atoms with Gasteiger partial charge in [0, 0.05) is 6.04 Å². The van der Waals surface area contributed by atoms with E-state index in [2.05, 4.69) is 19.2 Å². The third-order valence-electron chi connectivity index (χ3n) is 2.64. The van der Waals surface area contributed by atoms with E-state index in [1.807, 2.05) is 20.8 Å². The van der Waals surface area contributed by atoms with Crippen LogP contribution in [0.1, 0.15) is 60.3 Å². The molecule has 0 aromatic heterocycles. The maximum atomic E-state index is 11.8. The van der Waals surface area contributed by atoms with Crippen molar-refractivity contribution in [3.8, 4) is 0 Å². The Morgan fingerprint density at radius 1 is 1.25 bits per heavy atom. The van der Waals surface area contributed by atoms with E-state index >= 15 is 0 Å². The van der Waals surface area contributed by atoms with Gasteiger partial charge >= 0.3 is 5.97 Å². The van der Waals surface area contributed by atoms with Gasteiger partial charge in [-0.05, 0) is 33.1 Å². The number of carbonyl (C=O) groups is 1. The van der Waals surface area contributed by atoms with Gasteiger partial charge in [-0.25, -0.2) is 0 Å². The Kier molecular flexibility index (Phi) is 7.39. The van der Waals surface area contributed by atoms with Crippen LogP contribution in [0.5, 0.6) is 0 Å². The molecule has 0 fully saturated rings. The molecule has 0 aliphatic rings. The molecule has 1 N–H and O–H groups in total. The summed E-state index contributed by atoms with van der Waals surface area (Å²) in [6.07, 6.45) is 4.14. The molecule has 3 nitrogen and oxygen atoms in total. The van der Waals surface area contributed by atoms with Crippen molar-refractivity contribution in [1.29, 1.82) is 0 Å². The Bertz CT molecular complexity index is 202. The zero-order chi connectivity index (χ0) is 12.6. The summed E-state index contributed by atoms with van der Waals surface area (Å²) in [7, 11) is 0. The van der Waals surface area contributed by atoms with E-state index < -0.39 is 5.54 Å². The summed E-state index contributed by atoms with van der Waals surface area (Å²) in [5.74, 6) is -0.149. The molecule has 0 heterocycles. The minimum Gasteiger partial charge on any atom is -0.464 e. The summed E-state index contributed by atoms with van der Waals surface area (Å²) >= 11 is 0. The number of esters is 1. The summed E-state index contributed by atoms with van der Waals surface area (Å²) in [5.41, 5.74) is -0.578. The van der Waals surface area contributed by atoms with Crippen molar-refractivity contribution >= 4 is 5.97 Å². The molecule has 0 rings (SSSR count). The van der Waals surface area contributed by atoms with Crippen LogP contribution in [0.2, 0.25) is 0 Å². The van der Waals surface area contributed by atoms with E-state index in [-0.39, 0.29) is 5.97 Å². The summed E-state index contributed by atoms with van der Waals surface area (Å²) in [6, 6.07) is 0.397. The number of rotatable bonds is 8. The average Bonchev–Trinajstić information content (AvgIpc) is 2.24. The summed E-state index contributed by atoms with van der Waals surface area (Å²) < 4.78 is 5.18. The van der Waals surface area contributed by atoms with Gasteiger partial charge in [-0.3, -0.25) is 10.1 Å². The Morgan fingerprint density at radius 3 is 2.31 bits per heavy atom. The zero-order valence-electron chi connectivity index (χ0n) is 11.4. The SMILES string of the molecule is CCCOC(=O)C(C)(C)NC(CC)CCC. The van der Waals surface area contributed by atoms with Crippen LogP contribution in [0, 0.1) is 0 Å². The third kappa shape index (κ3) is 5.50. The molecule has 0 aromatic carbocycles. The maximum absolute atomic E-state index is 11.8. The number of carbonyl (C=O) groups excluding carboxylic acids is 1. The monoisotopic (exact) mass is 229 g/mol. The van der Waals surface area contributed by atoms with Gasteiger partial charge < -0.3 is 4.74 Å². The largest absolute Gasteiger partial charge is 0.464 e. The topological polar surface area (TPSA) is 38.3 Å². The van der Waals surface area contributed by atoms with Crippen LogP contribution in [-0.2, 0) is 9.53 Å². The first-order chi connectivity index (χ1) is 7.47. The first-order valence-corrected chi connectivity index (χ1v) is 6.42. The van der Waals surface area contributed by atoms with Gasteiger partial charge in [0.05, 0.1) is 6.61 Å². The highest BCUT2D eigenvalue weighted by Crippen LogP contribution is 2.11. The van der Waals surface area contributed by atoms with E-state index in [1.54, 1.807) is 0 Å². The van der Waals surface area contributed by atoms with Crippen LogP contribution in [-0.4, -0.2) is 24.2 Å². The molecule has 96 valence electrons. The van der Waals surface area contributed by atoms with Crippen LogP contribution in [0.25, 0.3) is 0 Å². The van der Waals surface area contributed by atoms with Crippen LogP contribution in [0.3, 0.4) is 0 Å². The van der Waals surface area contributed by atoms with Gasteiger partial charge in [-0.1, -0.05) is 27.2 Å². The van der Waals surface area contributed by atoms with Gasteiger partial charge in [-0.15, -0.1) is 0 Å². The van der Waals surface area contributed by atoms with Crippen molar-refractivity contribution in [3.05, 3.63) is 0 Å². The molecule has 0 aliphatic heterocycles. The summed E-state index contributed by atoms with van der Waals surface area (Å²) in [6.45, 7) is 10.6. The molecule has 0 radical (unpaired) electrons. The van der Waals surface area contributed by atoms with E-state index in [0.717, 1.165) is 25.7 Å². The van der Waals surface area contributed by atoms with Crippen molar-refractivity contribution in [3.63, 3.8) is 0 Å². The number of hydrogen-bond donors (Lipinski definition) is 1. The molecule has 16 heavy (non-hydrogen) atoms.